The van der Waals surface area contributed by atoms with Gasteiger partial charge in [-0.2, -0.15) is 11.8 Å². The Balaban J connectivity index is 2.12. The Hall–Kier alpha value is -0.750. The second kappa shape index (κ2) is 7.01. The zero-order valence-electron chi connectivity index (χ0n) is 13.2. The van der Waals surface area contributed by atoms with E-state index >= 15 is 0 Å². The van der Waals surface area contributed by atoms with Crippen molar-refractivity contribution in [3.63, 3.8) is 0 Å². The number of ether oxygens (including phenoxy) is 2. The largest absolute Gasteiger partial charge is 0.467 e. The summed E-state index contributed by atoms with van der Waals surface area (Å²) in [6, 6.07) is 0.220. The average molecular weight is 315 g/mol. The van der Waals surface area contributed by atoms with Crippen LogP contribution < -0.4 is 0 Å². The summed E-state index contributed by atoms with van der Waals surface area (Å²) >= 11 is 1.68. The summed E-state index contributed by atoms with van der Waals surface area (Å²) < 4.78 is 10.6. The molecule has 1 amide bonds. The SMILES string of the molecule is COC(=O)C1CC2C(CCC(C)N2C(=O)C(C)CSC)O1. The Morgan fingerprint density at radius 1 is 1.43 bits per heavy atom. The molecular formula is C15H25NO4S. The van der Waals surface area contributed by atoms with Gasteiger partial charge in [-0.05, 0) is 26.0 Å². The van der Waals surface area contributed by atoms with Gasteiger partial charge in [0.1, 0.15) is 0 Å². The maximum atomic E-state index is 12.7. The minimum Gasteiger partial charge on any atom is -0.467 e. The van der Waals surface area contributed by atoms with Crippen molar-refractivity contribution < 1.29 is 19.1 Å². The van der Waals surface area contributed by atoms with Crippen molar-refractivity contribution in [1.82, 2.24) is 4.90 Å². The Morgan fingerprint density at radius 2 is 2.14 bits per heavy atom. The lowest BCUT2D eigenvalue weighted by Crippen LogP contribution is -2.54. The number of nitrogens with zero attached hydrogens (tertiary/aromatic N) is 1. The molecule has 0 spiro atoms. The number of piperidine rings is 1. The molecule has 2 aliphatic heterocycles. The smallest absolute Gasteiger partial charge is 0.335 e. The predicted molar refractivity (Wildman–Crippen MR) is 82.2 cm³/mol. The van der Waals surface area contributed by atoms with Crippen molar-refractivity contribution >= 4 is 23.6 Å². The third kappa shape index (κ3) is 3.37. The summed E-state index contributed by atoms with van der Waals surface area (Å²) in [5.74, 6) is 0.668. The van der Waals surface area contributed by atoms with Crippen molar-refractivity contribution in [3.8, 4) is 0 Å². The molecule has 6 heteroatoms. The van der Waals surface area contributed by atoms with Crippen molar-refractivity contribution in [2.75, 3.05) is 19.1 Å². The van der Waals surface area contributed by atoms with Gasteiger partial charge in [-0.1, -0.05) is 6.92 Å². The van der Waals surface area contributed by atoms with Crippen LogP contribution in [-0.2, 0) is 19.1 Å². The van der Waals surface area contributed by atoms with Crippen molar-refractivity contribution in [3.05, 3.63) is 0 Å². The van der Waals surface area contributed by atoms with E-state index in [1.807, 2.05) is 18.1 Å². The normalized spacial score (nSPS) is 33.4. The van der Waals surface area contributed by atoms with Crippen LogP contribution in [0.3, 0.4) is 0 Å². The van der Waals surface area contributed by atoms with Gasteiger partial charge in [0.15, 0.2) is 6.10 Å². The minimum atomic E-state index is -0.526. The van der Waals surface area contributed by atoms with Crippen LogP contribution in [0.25, 0.3) is 0 Å². The number of fused-ring (bicyclic) bond motifs is 1. The third-order valence-electron chi connectivity index (χ3n) is 4.48. The van der Waals surface area contributed by atoms with Crippen molar-refractivity contribution in [1.29, 1.82) is 0 Å². The van der Waals surface area contributed by atoms with Crippen LogP contribution in [0.2, 0.25) is 0 Å². The number of likely N-dealkylation sites (tertiary alicyclic amines) is 1. The summed E-state index contributed by atoms with van der Waals surface area (Å²) in [7, 11) is 1.37. The van der Waals surface area contributed by atoms with Gasteiger partial charge >= 0.3 is 5.97 Å². The lowest BCUT2D eigenvalue weighted by atomic mass is 9.91. The quantitative estimate of drug-likeness (QED) is 0.739. The third-order valence-corrected chi connectivity index (χ3v) is 5.32. The molecule has 2 saturated heterocycles. The Labute approximate surface area is 130 Å². The van der Waals surface area contributed by atoms with Crippen LogP contribution in [0, 0.1) is 5.92 Å². The van der Waals surface area contributed by atoms with E-state index in [0.717, 1.165) is 18.6 Å². The Bertz CT molecular complexity index is 403. The minimum absolute atomic E-state index is 0.00150. The van der Waals surface area contributed by atoms with E-state index in [1.54, 1.807) is 11.8 Å². The van der Waals surface area contributed by atoms with Crippen molar-refractivity contribution in [2.24, 2.45) is 5.92 Å². The molecule has 2 heterocycles. The highest BCUT2D eigenvalue weighted by atomic mass is 32.2. The van der Waals surface area contributed by atoms with Gasteiger partial charge in [-0.3, -0.25) is 4.79 Å². The molecule has 2 fully saturated rings. The van der Waals surface area contributed by atoms with E-state index in [4.69, 9.17) is 9.47 Å². The first-order valence-corrected chi connectivity index (χ1v) is 8.93. The number of esters is 1. The number of thioether (sulfide) groups is 1. The average Bonchev–Trinajstić information content (AvgIpc) is 2.89. The second-order valence-corrected chi connectivity index (χ2v) is 6.93. The molecule has 5 nitrogen and oxygen atoms in total. The van der Waals surface area contributed by atoms with Gasteiger partial charge in [-0.25, -0.2) is 4.79 Å². The topological polar surface area (TPSA) is 55.8 Å². The lowest BCUT2D eigenvalue weighted by molar-refractivity contribution is -0.154. The van der Waals surface area contributed by atoms with Gasteiger partial charge in [0, 0.05) is 24.1 Å². The number of hydrogen-bond acceptors (Lipinski definition) is 5. The van der Waals surface area contributed by atoms with E-state index in [0.29, 0.717) is 6.42 Å². The summed E-state index contributed by atoms with van der Waals surface area (Å²) in [4.78, 5) is 26.4. The highest BCUT2D eigenvalue weighted by Gasteiger charge is 2.48. The molecule has 120 valence electrons. The van der Waals surface area contributed by atoms with E-state index in [9.17, 15) is 9.59 Å². The van der Waals surface area contributed by atoms with Crippen LogP contribution >= 0.6 is 11.8 Å². The fraction of sp³-hybridized carbons (Fsp3) is 0.867. The summed E-state index contributed by atoms with van der Waals surface area (Å²) in [6.07, 6.45) is 3.84. The van der Waals surface area contributed by atoms with E-state index < -0.39 is 6.10 Å². The van der Waals surface area contributed by atoms with Crippen LogP contribution in [0.1, 0.15) is 33.1 Å². The number of rotatable bonds is 4. The van der Waals surface area contributed by atoms with E-state index in [-0.39, 0.29) is 36.0 Å². The van der Waals surface area contributed by atoms with Gasteiger partial charge in [-0.15, -0.1) is 0 Å². The molecular weight excluding hydrogens is 290 g/mol. The summed E-state index contributed by atoms with van der Waals surface area (Å²) in [6.45, 7) is 4.06. The van der Waals surface area contributed by atoms with Gasteiger partial charge in [0.05, 0.1) is 19.3 Å². The van der Waals surface area contributed by atoms with Crippen LogP contribution in [0.5, 0.6) is 0 Å². The molecule has 0 N–H and O–H groups in total. The molecule has 0 bridgehead atoms. The fourth-order valence-corrected chi connectivity index (χ4v) is 4.04. The lowest BCUT2D eigenvalue weighted by Gasteiger charge is -2.42. The fourth-order valence-electron chi connectivity index (χ4n) is 3.39. The van der Waals surface area contributed by atoms with Gasteiger partial charge in [0.2, 0.25) is 5.91 Å². The molecule has 5 unspecified atom stereocenters. The maximum Gasteiger partial charge on any atom is 0.335 e. The molecule has 5 atom stereocenters. The number of hydrogen-bond donors (Lipinski definition) is 0. The zero-order valence-corrected chi connectivity index (χ0v) is 14.0. The predicted octanol–water partition coefficient (Wildman–Crippen LogP) is 1.70. The Kier molecular flexibility index (Phi) is 5.54. The Morgan fingerprint density at radius 3 is 2.76 bits per heavy atom. The zero-order chi connectivity index (χ0) is 15.6. The van der Waals surface area contributed by atoms with Crippen LogP contribution in [0.4, 0.5) is 0 Å². The first kappa shape index (κ1) is 16.6. The first-order valence-electron chi connectivity index (χ1n) is 7.54. The highest BCUT2D eigenvalue weighted by molar-refractivity contribution is 7.98. The molecule has 21 heavy (non-hydrogen) atoms. The molecule has 0 aromatic heterocycles. The number of carbonyl (C=O) groups excluding carboxylic acids is 2. The second-order valence-electron chi connectivity index (χ2n) is 6.02. The van der Waals surface area contributed by atoms with Gasteiger partial charge in [0.25, 0.3) is 0 Å². The van der Waals surface area contributed by atoms with Crippen molar-refractivity contribution in [2.45, 2.75) is 57.4 Å². The molecule has 2 aliphatic rings. The van der Waals surface area contributed by atoms with Gasteiger partial charge < -0.3 is 14.4 Å². The molecule has 0 radical (unpaired) electrons. The molecule has 0 saturated carbocycles. The number of carbonyl (C=O) groups is 2. The summed E-state index contributed by atoms with van der Waals surface area (Å²) in [5, 5.41) is 0. The summed E-state index contributed by atoms with van der Waals surface area (Å²) in [5.41, 5.74) is 0. The highest BCUT2D eigenvalue weighted by Crippen LogP contribution is 2.36. The number of methoxy groups -OCH3 is 1. The van der Waals surface area contributed by atoms with Crippen LogP contribution in [0.15, 0.2) is 0 Å². The molecule has 0 aromatic rings. The first-order chi connectivity index (χ1) is 9.99. The standard InChI is InChI=1S/C15H25NO4S/c1-9(8-21-4)14(17)16-10(2)5-6-12-11(16)7-13(20-12)15(18)19-3/h9-13H,5-8H2,1-4H3. The van der Waals surface area contributed by atoms with E-state index in [1.165, 1.54) is 7.11 Å². The van der Waals surface area contributed by atoms with E-state index in [2.05, 4.69) is 6.92 Å². The molecule has 0 aliphatic carbocycles. The number of amides is 1. The maximum absolute atomic E-state index is 12.7. The van der Waals surface area contributed by atoms with Crippen LogP contribution in [-0.4, -0.2) is 60.2 Å². The monoisotopic (exact) mass is 315 g/mol. The molecule has 2 rings (SSSR count). The molecule has 0 aromatic carbocycles.